The summed E-state index contributed by atoms with van der Waals surface area (Å²) in [4.78, 5) is 37.2. The average molecular weight is 367 g/mol. The molecule has 2 atom stereocenters. The molecule has 0 saturated carbocycles. The maximum Gasteiger partial charge on any atom is 0.235 e. The van der Waals surface area contributed by atoms with Crippen molar-refractivity contribution in [1.82, 2.24) is 0 Å². The van der Waals surface area contributed by atoms with Crippen LogP contribution in [-0.4, -0.2) is 43.5 Å². The third-order valence-corrected chi connectivity index (χ3v) is 4.93. The molecule has 0 saturated heterocycles. The molecule has 2 aromatic rings. The summed E-state index contributed by atoms with van der Waals surface area (Å²) in [5.41, 5.74) is 1.90. The van der Waals surface area contributed by atoms with E-state index in [1.54, 1.807) is 12.1 Å². The summed E-state index contributed by atoms with van der Waals surface area (Å²) in [5.74, 6) is -7.14. The number of hydrogen-bond donors (Lipinski definition) is 5. The molecule has 1 amide bonds. The van der Waals surface area contributed by atoms with Crippen LogP contribution >= 0.6 is 0 Å². The molecule has 0 aromatic heterocycles. The molecular formula is C19H13NO7. The molecule has 0 fully saturated rings. The fraction of sp³-hybridized carbons (Fsp3) is 0.105. The SMILES string of the molecule is NC(=O)C1C(=O)C2(O)C(=O)c3c(cc4cccc(O)c4c3O)C=C2C=C1O. The van der Waals surface area contributed by atoms with Crippen molar-refractivity contribution < 1.29 is 34.8 Å². The first kappa shape index (κ1) is 16.8. The smallest absolute Gasteiger partial charge is 0.235 e. The Morgan fingerprint density at radius 1 is 1.11 bits per heavy atom. The first-order valence-electron chi connectivity index (χ1n) is 7.89. The fourth-order valence-corrected chi connectivity index (χ4v) is 3.63. The number of aliphatic hydroxyl groups is 2. The zero-order chi connectivity index (χ0) is 19.7. The molecule has 6 N–H and O–H groups in total. The van der Waals surface area contributed by atoms with Gasteiger partial charge in [-0.2, -0.15) is 0 Å². The lowest BCUT2D eigenvalue weighted by atomic mass is 9.68. The lowest BCUT2D eigenvalue weighted by molar-refractivity contribution is -0.140. The second-order valence-corrected chi connectivity index (χ2v) is 6.47. The molecule has 4 rings (SSSR count). The van der Waals surface area contributed by atoms with Gasteiger partial charge in [-0.05, 0) is 35.2 Å². The highest BCUT2D eigenvalue weighted by molar-refractivity contribution is 6.30. The van der Waals surface area contributed by atoms with Gasteiger partial charge in [0, 0.05) is 5.57 Å². The van der Waals surface area contributed by atoms with E-state index in [0.29, 0.717) is 5.39 Å². The molecule has 0 aliphatic heterocycles. The van der Waals surface area contributed by atoms with Gasteiger partial charge in [-0.3, -0.25) is 14.4 Å². The predicted molar refractivity (Wildman–Crippen MR) is 92.9 cm³/mol. The minimum Gasteiger partial charge on any atom is -0.511 e. The van der Waals surface area contributed by atoms with Crippen LogP contribution in [0.15, 0.2) is 41.7 Å². The van der Waals surface area contributed by atoms with Crippen molar-refractivity contribution >= 4 is 34.3 Å². The molecule has 2 aromatic carbocycles. The van der Waals surface area contributed by atoms with Crippen molar-refractivity contribution in [3.63, 3.8) is 0 Å². The maximum absolute atomic E-state index is 13.0. The third kappa shape index (κ3) is 1.98. The molecule has 8 heteroatoms. The Morgan fingerprint density at radius 2 is 1.81 bits per heavy atom. The van der Waals surface area contributed by atoms with Gasteiger partial charge in [0.05, 0.1) is 10.9 Å². The Labute approximate surface area is 151 Å². The Bertz CT molecular complexity index is 1140. The molecule has 8 nitrogen and oxygen atoms in total. The molecule has 2 aliphatic carbocycles. The highest BCUT2D eigenvalue weighted by Crippen LogP contribution is 2.46. The van der Waals surface area contributed by atoms with Gasteiger partial charge in [-0.15, -0.1) is 0 Å². The summed E-state index contributed by atoms with van der Waals surface area (Å²) in [5, 5.41) is 41.8. The largest absolute Gasteiger partial charge is 0.511 e. The molecule has 2 unspecified atom stereocenters. The van der Waals surface area contributed by atoms with E-state index < -0.39 is 40.5 Å². The lowest BCUT2D eigenvalue weighted by Gasteiger charge is -2.36. The number of ketones is 2. The van der Waals surface area contributed by atoms with Gasteiger partial charge in [0.1, 0.15) is 17.3 Å². The number of aromatic hydroxyl groups is 2. The maximum atomic E-state index is 13.0. The summed E-state index contributed by atoms with van der Waals surface area (Å²) < 4.78 is 0. The topological polar surface area (TPSA) is 158 Å². The van der Waals surface area contributed by atoms with Crippen molar-refractivity contribution in [2.24, 2.45) is 11.7 Å². The summed E-state index contributed by atoms with van der Waals surface area (Å²) in [6.45, 7) is 0. The zero-order valence-corrected chi connectivity index (χ0v) is 13.6. The van der Waals surface area contributed by atoms with Crippen LogP contribution in [0, 0.1) is 5.92 Å². The number of phenols is 2. The Hall–Kier alpha value is -3.65. The number of amides is 1. The molecule has 136 valence electrons. The minimum atomic E-state index is -2.78. The lowest BCUT2D eigenvalue weighted by Crippen LogP contribution is -2.56. The van der Waals surface area contributed by atoms with E-state index >= 15 is 0 Å². The number of Topliss-reactive ketones (excluding diaryl/α,β-unsaturated/α-hetero) is 2. The number of fused-ring (bicyclic) bond motifs is 3. The Balaban J connectivity index is 2.07. The van der Waals surface area contributed by atoms with E-state index in [0.717, 1.165) is 6.08 Å². The number of carbonyl (C=O) groups is 3. The molecular weight excluding hydrogens is 354 g/mol. The van der Waals surface area contributed by atoms with Gasteiger partial charge in [-0.1, -0.05) is 12.1 Å². The summed E-state index contributed by atoms with van der Waals surface area (Å²) in [6, 6.07) is 5.95. The first-order valence-corrected chi connectivity index (χ1v) is 7.89. The van der Waals surface area contributed by atoms with E-state index in [1.165, 1.54) is 18.2 Å². The van der Waals surface area contributed by atoms with Gasteiger partial charge in [0.25, 0.3) is 0 Å². The number of carbonyl (C=O) groups excluding carboxylic acids is 3. The monoisotopic (exact) mass is 367 g/mol. The zero-order valence-electron chi connectivity index (χ0n) is 13.6. The number of hydrogen-bond acceptors (Lipinski definition) is 7. The standard InChI is InChI=1S/C19H13NO7/c20-18(26)14-11(22)6-9-5-8-4-7-2-1-3-10(21)12(7)15(23)13(8)16(24)19(9,27)17(14)25/h1-6,14,21-23,27H,(H2,20,26). The van der Waals surface area contributed by atoms with E-state index in [4.69, 9.17) is 5.73 Å². The van der Waals surface area contributed by atoms with Crippen molar-refractivity contribution in [2.75, 3.05) is 0 Å². The third-order valence-electron chi connectivity index (χ3n) is 4.93. The average Bonchev–Trinajstić information content (AvgIpc) is 2.57. The highest BCUT2D eigenvalue weighted by Gasteiger charge is 2.57. The number of rotatable bonds is 1. The van der Waals surface area contributed by atoms with E-state index in [1.807, 2.05) is 0 Å². The number of nitrogens with two attached hydrogens (primary N) is 1. The molecule has 27 heavy (non-hydrogen) atoms. The highest BCUT2D eigenvalue weighted by atomic mass is 16.3. The molecule has 0 heterocycles. The van der Waals surface area contributed by atoms with Crippen LogP contribution in [0.4, 0.5) is 0 Å². The van der Waals surface area contributed by atoms with Crippen LogP contribution in [0.5, 0.6) is 11.5 Å². The Kier molecular flexibility index (Phi) is 3.22. The van der Waals surface area contributed by atoms with Crippen molar-refractivity contribution in [2.45, 2.75) is 5.60 Å². The number of aliphatic hydroxyl groups excluding tert-OH is 1. The van der Waals surface area contributed by atoms with Crippen molar-refractivity contribution in [3.05, 3.63) is 52.8 Å². The van der Waals surface area contributed by atoms with Crippen molar-refractivity contribution in [1.29, 1.82) is 0 Å². The minimum absolute atomic E-state index is 0.0156. The van der Waals surface area contributed by atoms with Crippen LogP contribution in [0.2, 0.25) is 0 Å². The van der Waals surface area contributed by atoms with E-state index in [2.05, 4.69) is 0 Å². The van der Waals surface area contributed by atoms with Crippen LogP contribution in [0.3, 0.4) is 0 Å². The van der Waals surface area contributed by atoms with Crippen LogP contribution in [0.25, 0.3) is 16.8 Å². The van der Waals surface area contributed by atoms with Crippen LogP contribution < -0.4 is 5.73 Å². The van der Waals surface area contributed by atoms with Gasteiger partial charge in [-0.25, -0.2) is 0 Å². The summed E-state index contributed by atoms with van der Waals surface area (Å²) in [7, 11) is 0. The van der Waals surface area contributed by atoms with Crippen LogP contribution in [-0.2, 0) is 9.59 Å². The molecule has 0 bridgehead atoms. The van der Waals surface area contributed by atoms with Gasteiger partial charge in [0.2, 0.25) is 17.3 Å². The summed E-state index contributed by atoms with van der Waals surface area (Å²) in [6.07, 6.45) is 2.20. The Morgan fingerprint density at radius 3 is 2.48 bits per heavy atom. The second-order valence-electron chi connectivity index (χ2n) is 6.47. The molecule has 2 aliphatic rings. The van der Waals surface area contributed by atoms with Gasteiger partial charge >= 0.3 is 0 Å². The van der Waals surface area contributed by atoms with Gasteiger partial charge < -0.3 is 26.2 Å². The van der Waals surface area contributed by atoms with Crippen LogP contribution in [0.1, 0.15) is 15.9 Å². The second kappa shape index (κ2) is 5.18. The molecule has 0 spiro atoms. The van der Waals surface area contributed by atoms with Crippen molar-refractivity contribution in [3.8, 4) is 11.5 Å². The number of primary amides is 1. The quantitative estimate of drug-likeness (QED) is 0.464. The van der Waals surface area contributed by atoms with E-state index in [9.17, 15) is 34.8 Å². The van der Waals surface area contributed by atoms with Gasteiger partial charge in [0.15, 0.2) is 11.7 Å². The number of phenolic OH excluding ortho intramolecular Hbond substituents is 2. The number of benzene rings is 2. The normalized spacial score (nSPS) is 24.1. The first-order chi connectivity index (χ1) is 12.7. The van der Waals surface area contributed by atoms with E-state index in [-0.39, 0.29) is 27.8 Å². The molecule has 0 radical (unpaired) electrons. The predicted octanol–water partition coefficient (Wildman–Crippen LogP) is 0.688. The fourth-order valence-electron chi connectivity index (χ4n) is 3.63. The summed E-state index contributed by atoms with van der Waals surface area (Å²) >= 11 is 0.